The summed E-state index contributed by atoms with van der Waals surface area (Å²) in [7, 11) is -8.79. The van der Waals surface area contributed by atoms with Gasteiger partial charge in [-0.3, -0.25) is 9.59 Å². The quantitative estimate of drug-likeness (QED) is 0.0284. The number of aryl methyl sites for hydroxylation is 2. The number of pyridine rings is 2. The molecule has 4 heterocycles. The standard InChI is InChI=1S/C58H68N6O10S2/c1-7-37-20-24-45(25-21-37)75(69,70)64-51-48-32-44(54(68)60-29-28-59-34-38-16-12-10-13-17-38)36-62-56(48)74-58(6,53(51)67)33-42-30-46(26-22-40(42)9-3)76(71,72)63-50-47-31-43(35-61-55(47)73-57(4,5)52(50)66)49(65)27-23-39(8-2)41-18-14-11-15-19-41/h10-22,24-26,30-32,35-36,39,50-53,59,63-64,66-67H,7-9,23,27-29,33-34H2,1-6H3,(H,60,68)/t39?,50-,51-,52+,53+,58?/m1/s1. The fourth-order valence-corrected chi connectivity index (χ4v) is 12.4. The van der Waals surface area contributed by atoms with Gasteiger partial charge in [-0.25, -0.2) is 36.2 Å². The predicted octanol–water partition coefficient (Wildman–Crippen LogP) is 7.60. The van der Waals surface area contributed by atoms with Crippen molar-refractivity contribution in [3.05, 3.63) is 178 Å². The number of aromatic nitrogens is 2. The molecule has 0 spiro atoms. The Morgan fingerprint density at radius 2 is 1.25 bits per heavy atom. The summed E-state index contributed by atoms with van der Waals surface area (Å²) in [6.07, 6.45) is 2.35. The molecular weight excluding hydrogens is 1000 g/mol. The van der Waals surface area contributed by atoms with Crippen LogP contribution in [0.25, 0.3) is 0 Å². The van der Waals surface area contributed by atoms with E-state index in [0.717, 1.165) is 28.7 Å². The molecule has 6 N–H and O–H groups in total. The second kappa shape index (κ2) is 23.5. The molecule has 1 amide bonds. The van der Waals surface area contributed by atoms with Gasteiger partial charge < -0.3 is 30.3 Å². The fraction of sp³-hybridized carbons (Fsp3) is 0.379. The normalized spacial score (nSPS) is 20.3. The summed E-state index contributed by atoms with van der Waals surface area (Å²) < 4.78 is 75.7. The molecule has 0 saturated heterocycles. The molecule has 0 bridgehead atoms. The van der Waals surface area contributed by atoms with E-state index in [9.17, 15) is 36.6 Å². The molecule has 0 saturated carbocycles. The highest BCUT2D eigenvalue weighted by Gasteiger charge is 2.50. The van der Waals surface area contributed by atoms with E-state index in [-0.39, 0.29) is 74.9 Å². The van der Waals surface area contributed by atoms with Crippen molar-refractivity contribution in [3.63, 3.8) is 0 Å². The van der Waals surface area contributed by atoms with E-state index >= 15 is 0 Å². The van der Waals surface area contributed by atoms with Gasteiger partial charge in [-0.1, -0.05) is 99.6 Å². The van der Waals surface area contributed by atoms with Gasteiger partial charge in [0.15, 0.2) is 5.78 Å². The first-order valence-corrected chi connectivity index (χ1v) is 28.8. The first-order valence-electron chi connectivity index (χ1n) is 25.9. The zero-order valence-electron chi connectivity index (χ0n) is 43.7. The Kier molecular flexibility index (Phi) is 17.2. The summed E-state index contributed by atoms with van der Waals surface area (Å²) >= 11 is 0. The smallest absolute Gasteiger partial charge is 0.252 e. The van der Waals surface area contributed by atoms with E-state index in [4.69, 9.17) is 9.47 Å². The van der Waals surface area contributed by atoms with E-state index in [1.165, 1.54) is 48.8 Å². The molecule has 6 atom stereocenters. The number of amides is 1. The van der Waals surface area contributed by atoms with Crippen molar-refractivity contribution in [2.24, 2.45) is 0 Å². The maximum Gasteiger partial charge on any atom is 0.252 e. The number of ketones is 1. The van der Waals surface area contributed by atoms with Gasteiger partial charge in [0.25, 0.3) is 5.91 Å². The topological polar surface area (TPSA) is 235 Å². The minimum absolute atomic E-state index is 0.0333. The molecule has 76 heavy (non-hydrogen) atoms. The molecule has 0 fully saturated rings. The lowest BCUT2D eigenvalue weighted by molar-refractivity contribution is -0.0749. The van der Waals surface area contributed by atoms with Crippen molar-refractivity contribution in [2.75, 3.05) is 13.1 Å². The molecular formula is C58H68N6O10S2. The number of aliphatic hydroxyl groups is 2. The molecule has 6 aromatic rings. The van der Waals surface area contributed by atoms with Crippen LogP contribution in [0.4, 0.5) is 0 Å². The monoisotopic (exact) mass is 1070 g/mol. The van der Waals surface area contributed by atoms with Crippen LogP contribution in [-0.2, 0) is 45.9 Å². The van der Waals surface area contributed by atoms with Gasteiger partial charge in [-0.05, 0) is 117 Å². The Bertz CT molecular complexity index is 3250. The number of Topliss-reactive ketones (excluding diaryl/α,β-unsaturated/α-hetero) is 1. The molecule has 0 aliphatic carbocycles. The third kappa shape index (κ3) is 12.6. The van der Waals surface area contributed by atoms with Gasteiger partial charge in [-0.2, -0.15) is 0 Å². The first-order chi connectivity index (χ1) is 36.3. The maximum absolute atomic E-state index is 14.7. The largest absolute Gasteiger partial charge is 0.469 e. The minimum Gasteiger partial charge on any atom is -0.469 e. The molecule has 0 radical (unpaired) electrons. The maximum atomic E-state index is 14.7. The van der Waals surface area contributed by atoms with Crippen LogP contribution >= 0.6 is 0 Å². The van der Waals surface area contributed by atoms with Crippen molar-refractivity contribution < 1.29 is 46.1 Å². The van der Waals surface area contributed by atoms with E-state index in [1.54, 1.807) is 39.0 Å². The lowest BCUT2D eigenvalue weighted by Gasteiger charge is -2.44. The van der Waals surface area contributed by atoms with E-state index in [2.05, 4.69) is 37.0 Å². The highest BCUT2D eigenvalue weighted by molar-refractivity contribution is 7.89. The lowest BCUT2D eigenvalue weighted by Crippen LogP contribution is -2.56. The molecule has 402 valence electrons. The van der Waals surface area contributed by atoms with Crippen molar-refractivity contribution in [3.8, 4) is 11.8 Å². The summed E-state index contributed by atoms with van der Waals surface area (Å²) in [4.78, 5) is 36.0. The van der Waals surface area contributed by atoms with Gasteiger partial charge >= 0.3 is 0 Å². The lowest BCUT2D eigenvalue weighted by atomic mass is 9.81. The number of ether oxygens (including phenoxy) is 2. The number of benzene rings is 4. The van der Waals surface area contributed by atoms with Crippen molar-refractivity contribution >= 4 is 31.7 Å². The zero-order valence-corrected chi connectivity index (χ0v) is 45.4. The SMILES string of the molecule is CCc1ccc(S(=O)(=O)N[C@@H]2c3cc(C(=O)NCCNCc4ccccc4)cnc3OC(C)(Cc3cc(S(=O)(=O)N[C@@H]4c5cc(C(=O)CCC(CC)c6ccccc6)cnc5OC(C)(C)[C@H]4O)ccc3CC)[C@H]2O)cc1. The molecule has 2 aliphatic heterocycles. The summed E-state index contributed by atoms with van der Waals surface area (Å²) in [5, 5.41) is 30.4. The molecule has 8 rings (SSSR count). The fourth-order valence-electron chi connectivity index (χ4n) is 9.92. The molecule has 18 heteroatoms. The minimum atomic E-state index is -4.48. The number of rotatable bonds is 22. The average Bonchev–Trinajstić information content (AvgIpc) is 3.44. The second-order valence-corrected chi connectivity index (χ2v) is 23.7. The van der Waals surface area contributed by atoms with Crippen LogP contribution in [-0.4, -0.2) is 85.2 Å². The Morgan fingerprint density at radius 1 is 0.658 bits per heavy atom. The van der Waals surface area contributed by atoms with Crippen LogP contribution in [0.2, 0.25) is 0 Å². The summed E-state index contributed by atoms with van der Waals surface area (Å²) in [5.74, 6) is -0.456. The van der Waals surface area contributed by atoms with E-state index in [1.807, 2.05) is 74.5 Å². The third-order valence-corrected chi connectivity index (χ3v) is 17.4. The van der Waals surface area contributed by atoms with Gasteiger partial charge in [0.05, 0.1) is 27.4 Å². The number of hydrogen-bond donors (Lipinski definition) is 6. The number of carbonyl (C=O) groups excluding carboxylic acids is 2. The molecule has 2 aliphatic rings. The molecule has 2 unspecified atom stereocenters. The van der Waals surface area contributed by atoms with E-state index in [0.29, 0.717) is 37.9 Å². The van der Waals surface area contributed by atoms with Crippen molar-refractivity contribution in [1.29, 1.82) is 0 Å². The number of aliphatic hydroxyl groups excluding tert-OH is 2. The van der Waals surface area contributed by atoms with Crippen LogP contribution in [0.3, 0.4) is 0 Å². The van der Waals surface area contributed by atoms with Gasteiger partial charge in [-0.15, -0.1) is 0 Å². The van der Waals surface area contributed by atoms with Crippen molar-refractivity contribution in [1.82, 2.24) is 30.0 Å². The number of hydrogen-bond acceptors (Lipinski definition) is 13. The first kappa shape index (κ1) is 55.8. The highest BCUT2D eigenvalue weighted by atomic mass is 32.2. The Balaban J connectivity index is 1.06. The number of nitrogens with one attached hydrogen (secondary N) is 4. The van der Waals surface area contributed by atoms with Gasteiger partial charge in [0.1, 0.15) is 23.4 Å². The Labute approximate surface area is 446 Å². The van der Waals surface area contributed by atoms with Gasteiger partial charge in [0, 0.05) is 61.6 Å². The van der Waals surface area contributed by atoms with Crippen LogP contribution in [0.15, 0.2) is 137 Å². The number of carbonyl (C=O) groups is 2. The number of fused-ring (bicyclic) bond motifs is 2. The van der Waals surface area contributed by atoms with Gasteiger partial charge in [0.2, 0.25) is 31.8 Å². The second-order valence-electron chi connectivity index (χ2n) is 20.3. The average molecular weight is 1070 g/mol. The summed E-state index contributed by atoms with van der Waals surface area (Å²) in [6.45, 7) is 12.1. The van der Waals surface area contributed by atoms with Crippen LogP contribution in [0, 0.1) is 0 Å². The third-order valence-electron chi connectivity index (χ3n) is 14.5. The number of nitrogens with zero attached hydrogens (tertiary/aromatic N) is 2. The van der Waals surface area contributed by atoms with Crippen LogP contribution in [0.5, 0.6) is 11.8 Å². The molecule has 4 aromatic carbocycles. The highest BCUT2D eigenvalue weighted by Crippen LogP contribution is 2.43. The van der Waals surface area contributed by atoms with Crippen LogP contribution < -0.4 is 29.6 Å². The van der Waals surface area contributed by atoms with Crippen LogP contribution in [0.1, 0.15) is 138 Å². The van der Waals surface area contributed by atoms with Crippen molar-refractivity contribution in [2.45, 2.75) is 138 Å². The summed E-state index contributed by atoms with van der Waals surface area (Å²) in [5.41, 5.74) is 2.09. The molecule has 2 aromatic heterocycles. The Morgan fingerprint density at radius 3 is 1.89 bits per heavy atom. The number of sulfonamides is 2. The summed E-state index contributed by atoms with van der Waals surface area (Å²) in [6, 6.07) is 31.1. The van der Waals surface area contributed by atoms with E-state index < -0.39 is 61.4 Å². The Hall–Kier alpha value is -6.38. The predicted molar refractivity (Wildman–Crippen MR) is 289 cm³/mol. The molecule has 16 nitrogen and oxygen atoms in total. The zero-order chi connectivity index (χ0) is 54.4.